The highest BCUT2D eigenvalue weighted by molar-refractivity contribution is 5.80. The molecule has 0 spiro atoms. The molecule has 0 aromatic carbocycles. The molecule has 1 heterocycles. The fraction of sp³-hybridized carbons (Fsp3) is 0.714. The maximum absolute atomic E-state index is 10.9. The molecule has 2 atom stereocenters. The predicted octanol–water partition coefficient (Wildman–Crippen LogP) is -0.0745. The second-order valence-electron chi connectivity index (χ2n) is 2.54. The largest absolute Gasteiger partial charge is 0.467 e. The number of hydrogen-bond acceptors (Lipinski definition) is 6. The summed E-state index contributed by atoms with van der Waals surface area (Å²) in [6.45, 7) is 0. The maximum atomic E-state index is 10.9. The van der Waals surface area contributed by atoms with Crippen LogP contribution in [0, 0.1) is 0 Å². The van der Waals surface area contributed by atoms with Gasteiger partial charge in [-0.25, -0.2) is 9.59 Å². The second kappa shape index (κ2) is 3.97. The van der Waals surface area contributed by atoms with Crippen LogP contribution in [0.15, 0.2) is 10.2 Å². The molecule has 6 heteroatoms. The Labute approximate surface area is 74.9 Å². The Balaban J connectivity index is 2.51. The first-order chi connectivity index (χ1) is 6.19. The number of nitrogens with zero attached hydrogens (tertiary/aromatic N) is 2. The van der Waals surface area contributed by atoms with Gasteiger partial charge < -0.3 is 9.47 Å². The van der Waals surface area contributed by atoms with Gasteiger partial charge in [0.1, 0.15) is 0 Å². The van der Waals surface area contributed by atoms with Crippen molar-refractivity contribution in [2.45, 2.75) is 18.5 Å². The standard InChI is InChI=1S/C7H10N2O4/c1-12-6(10)4-3-5(9-8-4)7(11)13-2/h4-5H,3H2,1-2H3/t4-,5+. The maximum Gasteiger partial charge on any atom is 0.332 e. The van der Waals surface area contributed by atoms with E-state index in [9.17, 15) is 9.59 Å². The topological polar surface area (TPSA) is 77.3 Å². The van der Waals surface area contributed by atoms with Gasteiger partial charge >= 0.3 is 11.9 Å². The highest BCUT2D eigenvalue weighted by atomic mass is 16.5. The molecule has 72 valence electrons. The molecule has 0 radical (unpaired) electrons. The third-order valence-electron chi connectivity index (χ3n) is 1.74. The SMILES string of the molecule is COC(=O)[C@@H]1C[C@H](C(=O)OC)N=N1. The average molecular weight is 186 g/mol. The normalized spacial score (nSPS) is 25.7. The van der Waals surface area contributed by atoms with Gasteiger partial charge in [0.05, 0.1) is 14.2 Å². The van der Waals surface area contributed by atoms with Crippen LogP contribution >= 0.6 is 0 Å². The molecule has 0 unspecified atom stereocenters. The van der Waals surface area contributed by atoms with Gasteiger partial charge in [0.25, 0.3) is 0 Å². The van der Waals surface area contributed by atoms with Gasteiger partial charge in [-0.2, -0.15) is 10.2 Å². The minimum absolute atomic E-state index is 0.235. The van der Waals surface area contributed by atoms with Crippen LogP contribution in [0.4, 0.5) is 0 Å². The first-order valence-corrected chi connectivity index (χ1v) is 3.74. The van der Waals surface area contributed by atoms with Crippen LogP contribution in [0.5, 0.6) is 0 Å². The van der Waals surface area contributed by atoms with Crippen molar-refractivity contribution in [3.63, 3.8) is 0 Å². The molecule has 0 N–H and O–H groups in total. The Morgan fingerprint density at radius 1 is 1.08 bits per heavy atom. The van der Waals surface area contributed by atoms with E-state index in [1.54, 1.807) is 0 Å². The first kappa shape index (κ1) is 9.63. The van der Waals surface area contributed by atoms with E-state index in [0.29, 0.717) is 0 Å². The van der Waals surface area contributed by atoms with Crippen molar-refractivity contribution in [1.82, 2.24) is 0 Å². The monoisotopic (exact) mass is 186 g/mol. The molecule has 0 saturated heterocycles. The number of carbonyl (C=O) groups is 2. The van der Waals surface area contributed by atoms with E-state index in [1.807, 2.05) is 0 Å². The van der Waals surface area contributed by atoms with Gasteiger partial charge in [-0.15, -0.1) is 0 Å². The van der Waals surface area contributed by atoms with Gasteiger partial charge in [0.15, 0.2) is 12.1 Å². The lowest BCUT2D eigenvalue weighted by atomic mass is 10.1. The molecule has 13 heavy (non-hydrogen) atoms. The summed E-state index contributed by atoms with van der Waals surface area (Å²) >= 11 is 0. The molecule has 1 aliphatic rings. The molecule has 0 saturated carbocycles. The van der Waals surface area contributed by atoms with E-state index in [-0.39, 0.29) is 6.42 Å². The smallest absolute Gasteiger partial charge is 0.332 e. The Kier molecular flexibility index (Phi) is 2.94. The predicted molar refractivity (Wildman–Crippen MR) is 41.1 cm³/mol. The minimum Gasteiger partial charge on any atom is -0.467 e. The molecule has 6 nitrogen and oxygen atoms in total. The van der Waals surface area contributed by atoms with Gasteiger partial charge in [-0.05, 0) is 0 Å². The van der Waals surface area contributed by atoms with Crippen molar-refractivity contribution in [1.29, 1.82) is 0 Å². The van der Waals surface area contributed by atoms with Crippen LogP contribution in [0.1, 0.15) is 6.42 Å². The summed E-state index contributed by atoms with van der Waals surface area (Å²) in [7, 11) is 2.53. The zero-order chi connectivity index (χ0) is 9.84. The van der Waals surface area contributed by atoms with Crippen molar-refractivity contribution < 1.29 is 19.1 Å². The van der Waals surface area contributed by atoms with E-state index in [4.69, 9.17) is 0 Å². The van der Waals surface area contributed by atoms with E-state index in [1.165, 1.54) is 14.2 Å². The van der Waals surface area contributed by atoms with Crippen LogP contribution in [0.25, 0.3) is 0 Å². The number of esters is 2. The van der Waals surface area contributed by atoms with Crippen LogP contribution in [-0.4, -0.2) is 38.2 Å². The Morgan fingerprint density at radius 2 is 1.46 bits per heavy atom. The van der Waals surface area contributed by atoms with E-state index >= 15 is 0 Å². The lowest BCUT2D eigenvalue weighted by molar-refractivity contribution is -0.143. The molecule has 0 bridgehead atoms. The average Bonchev–Trinajstić information content (AvgIpc) is 2.64. The molecule has 1 rings (SSSR count). The molecule has 0 fully saturated rings. The quantitative estimate of drug-likeness (QED) is 0.565. The summed E-state index contributed by atoms with van der Waals surface area (Å²) in [6.07, 6.45) is 0.235. The van der Waals surface area contributed by atoms with Crippen molar-refractivity contribution in [2.24, 2.45) is 10.2 Å². The van der Waals surface area contributed by atoms with Gasteiger partial charge in [0, 0.05) is 6.42 Å². The summed E-state index contributed by atoms with van der Waals surface area (Å²) < 4.78 is 8.90. The van der Waals surface area contributed by atoms with Crippen molar-refractivity contribution in [2.75, 3.05) is 14.2 Å². The molecule has 1 aliphatic heterocycles. The Morgan fingerprint density at radius 3 is 1.77 bits per heavy atom. The van der Waals surface area contributed by atoms with Crippen LogP contribution < -0.4 is 0 Å². The van der Waals surface area contributed by atoms with Crippen LogP contribution in [0.2, 0.25) is 0 Å². The summed E-state index contributed by atoms with van der Waals surface area (Å²) in [6, 6.07) is -1.32. The summed E-state index contributed by atoms with van der Waals surface area (Å²) in [5.41, 5.74) is 0. The van der Waals surface area contributed by atoms with Crippen LogP contribution in [0.3, 0.4) is 0 Å². The summed E-state index contributed by atoms with van der Waals surface area (Å²) in [5, 5.41) is 7.21. The number of hydrogen-bond donors (Lipinski definition) is 0. The summed E-state index contributed by atoms with van der Waals surface area (Å²) in [5.74, 6) is -0.953. The number of azo groups is 1. The van der Waals surface area contributed by atoms with E-state index in [2.05, 4.69) is 19.7 Å². The third kappa shape index (κ3) is 2.01. The Hall–Kier alpha value is -1.46. The molecule has 0 aromatic rings. The van der Waals surface area contributed by atoms with Gasteiger partial charge in [-0.3, -0.25) is 0 Å². The van der Waals surface area contributed by atoms with Crippen molar-refractivity contribution in [3.05, 3.63) is 0 Å². The van der Waals surface area contributed by atoms with Crippen LogP contribution in [-0.2, 0) is 19.1 Å². The number of ether oxygens (including phenoxy) is 2. The van der Waals surface area contributed by atoms with E-state index < -0.39 is 24.0 Å². The molecule has 0 aliphatic carbocycles. The fourth-order valence-electron chi connectivity index (χ4n) is 1.03. The second-order valence-corrected chi connectivity index (χ2v) is 2.54. The lowest BCUT2D eigenvalue weighted by Crippen LogP contribution is -2.24. The summed E-state index contributed by atoms with van der Waals surface area (Å²) in [4.78, 5) is 21.9. The van der Waals surface area contributed by atoms with E-state index in [0.717, 1.165) is 0 Å². The Bertz CT molecular complexity index is 227. The number of methoxy groups -OCH3 is 2. The first-order valence-electron chi connectivity index (χ1n) is 3.74. The number of carbonyl (C=O) groups excluding carboxylic acids is 2. The van der Waals surface area contributed by atoms with Crippen molar-refractivity contribution >= 4 is 11.9 Å². The van der Waals surface area contributed by atoms with Gasteiger partial charge in [-0.1, -0.05) is 0 Å². The fourth-order valence-corrected chi connectivity index (χ4v) is 1.03. The van der Waals surface area contributed by atoms with Crippen molar-refractivity contribution in [3.8, 4) is 0 Å². The highest BCUT2D eigenvalue weighted by Gasteiger charge is 2.33. The minimum atomic E-state index is -0.658. The number of rotatable bonds is 2. The molecule has 0 aromatic heterocycles. The highest BCUT2D eigenvalue weighted by Crippen LogP contribution is 2.17. The zero-order valence-corrected chi connectivity index (χ0v) is 7.39. The molecular weight excluding hydrogens is 176 g/mol. The van der Waals surface area contributed by atoms with Gasteiger partial charge in [0.2, 0.25) is 0 Å². The molecule has 0 amide bonds. The lowest BCUT2D eigenvalue weighted by Gasteiger charge is -2.04. The third-order valence-corrected chi connectivity index (χ3v) is 1.74. The zero-order valence-electron chi connectivity index (χ0n) is 7.39. The molecular formula is C7H10N2O4.